The van der Waals surface area contributed by atoms with E-state index >= 15 is 0 Å². The minimum atomic E-state index is -0.294. The van der Waals surface area contributed by atoms with Crippen LogP contribution in [-0.4, -0.2) is 28.2 Å². The van der Waals surface area contributed by atoms with Crippen molar-refractivity contribution in [2.24, 2.45) is 0 Å². The molecule has 0 bridgehead atoms. The number of thioether (sulfide) groups is 1. The first-order chi connectivity index (χ1) is 15.4. The molecular weight excluding hydrogens is 421 g/mol. The van der Waals surface area contributed by atoms with Crippen molar-refractivity contribution in [1.29, 1.82) is 0 Å². The first kappa shape index (κ1) is 22.0. The average molecular weight is 446 g/mol. The summed E-state index contributed by atoms with van der Waals surface area (Å²) in [4.78, 5) is 24.5. The molecule has 1 aromatic heterocycles. The topological polar surface area (TPSA) is 46.1 Å². The number of nitrogens with zero attached hydrogens (tertiary/aromatic N) is 3. The second-order valence-electron chi connectivity index (χ2n) is 7.87. The Labute approximate surface area is 191 Å². The fraction of sp³-hybridized carbons (Fsp3) is 0.192. The van der Waals surface area contributed by atoms with Crippen molar-refractivity contribution in [1.82, 2.24) is 9.97 Å². The number of anilines is 1. The van der Waals surface area contributed by atoms with Crippen LogP contribution in [0.25, 0.3) is 22.3 Å². The Morgan fingerprint density at radius 2 is 1.69 bits per heavy atom. The molecule has 0 spiro atoms. The van der Waals surface area contributed by atoms with Gasteiger partial charge in [0, 0.05) is 30.0 Å². The molecule has 6 heteroatoms. The predicted molar refractivity (Wildman–Crippen MR) is 131 cm³/mol. The molecule has 32 heavy (non-hydrogen) atoms. The van der Waals surface area contributed by atoms with Gasteiger partial charge in [0.2, 0.25) is 5.12 Å². The fourth-order valence-electron chi connectivity index (χ4n) is 3.27. The van der Waals surface area contributed by atoms with Gasteiger partial charge in [-0.3, -0.25) is 4.79 Å². The van der Waals surface area contributed by atoms with Crippen molar-refractivity contribution in [3.63, 3.8) is 0 Å². The monoisotopic (exact) mass is 445 g/mol. The molecule has 4 rings (SSSR count). The molecule has 3 aromatic carbocycles. The second kappa shape index (κ2) is 9.49. The largest absolute Gasteiger partial charge is 0.355 e. The Morgan fingerprint density at radius 3 is 2.38 bits per heavy atom. The summed E-state index contributed by atoms with van der Waals surface area (Å²) in [6, 6.07) is 21.8. The van der Waals surface area contributed by atoms with Crippen LogP contribution in [0.1, 0.15) is 29.8 Å². The molecule has 162 valence electrons. The Balaban J connectivity index is 1.70. The lowest BCUT2D eigenvalue weighted by molar-refractivity contribution is 0.108. The molecule has 0 aliphatic heterocycles. The standard InChI is InChI=1S/C26H24FN3OS/c1-17(2)30(3)25-24(19-9-12-21(27)13-10-19)28-22-14-11-20(15-23(22)29-25)26(31)32-16-18-7-5-4-6-8-18/h4-15,17H,16H2,1-3H3. The zero-order valence-electron chi connectivity index (χ0n) is 18.2. The minimum absolute atomic E-state index is 0.000992. The number of aromatic nitrogens is 2. The van der Waals surface area contributed by atoms with Crippen molar-refractivity contribution in [3.8, 4) is 11.3 Å². The summed E-state index contributed by atoms with van der Waals surface area (Å²) in [5.41, 5.74) is 4.53. The summed E-state index contributed by atoms with van der Waals surface area (Å²) in [6.07, 6.45) is 0. The number of benzene rings is 3. The van der Waals surface area contributed by atoms with Crippen LogP contribution in [0.4, 0.5) is 10.2 Å². The molecule has 0 aliphatic rings. The van der Waals surface area contributed by atoms with Crippen molar-refractivity contribution >= 4 is 33.7 Å². The number of fused-ring (bicyclic) bond motifs is 1. The minimum Gasteiger partial charge on any atom is -0.355 e. The molecule has 4 nitrogen and oxygen atoms in total. The summed E-state index contributed by atoms with van der Waals surface area (Å²) in [6.45, 7) is 4.14. The molecule has 4 aromatic rings. The van der Waals surface area contributed by atoms with E-state index in [4.69, 9.17) is 9.97 Å². The van der Waals surface area contributed by atoms with E-state index in [2.05, 4.69) is 13.8 Å². The van der Waals surface area contributed by atoms with E-state index in [1.165, 1.54) is 23.9 Å². The van der Waals surface area contributed by atoms with Gasteiger partial charge in [0.05, 0.1) is 11.0 Å². The van der Waals surface area contributed by atoms with Crippen molar-refractivity contribution in [3.05, 3.63) is 89.7 Å². The van der Waals surface area contributed by atoms with Gasteiger partial charge in [0.1, 0.15) is 11.5 Å². The molecule has 0 saturated heterocycles. The average Bonchev–Trinajstić information content (AvgIpc) is 2.82. The van der Waals surface area contributed by atoms with Gasteiger partial charge in [-0.2, -0.15) is 0 Å². The van der Waals surface area contributed by atoms with E-state index in [1.807, 2.05) is 48.3 Å². The molecular formula is C26H24FN3OS. The van der Waals surface area contributed by atoms with Crippen LogP contribution < -0.4 is 4.90 Å². The number of halogens is 1. The van der Waals surface area contributed by atoms with E-state index in [9.17, 15) is 9.18 Å². The Hall–Kier alpha value is -3.25. The third-order valence-corrected chi connectivity index (χ3v) is 6.30. The van der Waals surface area contributed by atoms with E-state index < -0.39 is 0 Å². The zero-order valence-corrected chi connectivity index (χ0v) is 19.1. The lowest BCUT2D eigenvalue weighted by Crippen LogP contribution is -2.27. The molecule has 0 unspecified atom stereocenters. The fourth-order valence-corrected chi connectivity index (χ4v) is 4.05. The van der Waals surface area contributed by atoms with Crippen molar-refractivity contribution in [2.45, 2.75) is 25.6 Å². The van der Waals surface area contributed by atoms with Crippen molar-refractivity contribution in [2.75, 3.05) is 11.9 Å². The first-order valence-electron chi connectivity index (χ1n) is 10.4. The Morgan fingerprint density at radius 1 is 0.969 bits per heavy atom. The molecule has 0 saturated carbocycles. The Kier molecular flexibility index (Phi) is 6.51. The number of hydrogen-bond acceptors (Lipinski definition) is 5. The molecule has 0 aliphatic carbocycles. The smallest absolute Gasteiger partial charge is 0.219 e. The van der Waals surface area contributed by atoms with E-state index in [0.29, 0.717) is 33.9 Å². The number of carbonyl (C=O) groups excluding carboxylic acids is 1. The van der Waals surface area contributed by atoms with Gasteiger partial charge in [-0.15, -0.1) is 0 Å². The van der Waals surface area contributed by atoms with Gasteiger partial charge >= 0.3 is 0 Å². The third-order valence-electron chi connectivity index (χ3n) is 5.32. The SMILES string of the molecule is CC(C)N(C)c1nc2cc(C(=O)SCc3ccccc3)ccc2nc1-c1ccc(F)cc1. The highest BCUT2D eigenvalue weighted by Crippen LogP contribution is 2.31. The van der Waals surface area contributed by atoms with Gasteiger partial charge in [-0.25, -0.2) is 14.4 Å². The van der Waals surface area contributed by atoms with Crippen LogP contribution in [0.2, 0.25) is 0 Å². The third kappa shape index (κ3) is 4.81. The van der Waals surface area contributed by atoms with Crippen LogP contribution in [0.3, 0.4) is 0 Å². The molecule has 0 atom stereocenters. The molecule has 0 radical (unpaired) electrons. The zero-order chi connectivity index (χ0) is 22.7. The van der Waals surface area contributed by atoms with Gasteiger partial charge in [0.25, 0.3) is 0 Å². The van der Waals surface area contributed by atoms with Crippen LogP contribution in [-0.2, 0) is 5.75 Å². The number of carbonyl (C=O) groups is 1. The van der Waals surface area contributed by atoms with Gasteiger partial charge in [-0.1, -0.05) is 42.1 Å². The lowest BCUT2D eigenvalue weighted by Gasteiger charge is -2.25. The van der Waals surface area contributed by atoms with E-state index in [0.717, 1.165) is 11.1 Å². The highest BCUT2D eigenvalue weighted by Gasteiger charge is 2.18. The highest BCUT2D eigenvalue weighted by atomic mass is 32.2. The van der Waals surface area contributed by atoms with Gasteiger partial charge < -0.3 is 4.90 Å². The summed E-state index contributed by atoms with van der Waals surface area (Å²) in [7, 11) is 1.96. The lowest BCUT2D eigenvalue weighted by atomic mass is 10.1. The summed E-state index contributed by atoms with van der Waals surface area (Å²) >= 11 is 1.27. The van der Waals surface area contributed by atoms with E-state index in [-0.39, 0.29) is 17.0 Å². The van der Waals surface area contributed by atoms with Crippen molar-refractivity contribution < 1.29 is 9.18 Å². The van der Waals surface area contributed by atoms with E-state index in [1.54, 1.807) is 24.3 Å². The van der Waals surface area contributed by atoms with Crippen LogP contribution >= 0.6 is 11.8 Å². The summed E-state index contributed by atoms with van der Waals surface area (Å²) in [5.74, 6) is 1.02. The first-order valence-corrected chi connectivity index (χ1v) is 11.4. The molecule has 1 heterocycles. The Bertz CT molecular complexity index is 1240. The summed E-state index contributed by atoms with van der Waals surface area (Å²) in [5, 5.41) is -0.000992. The molecule has 0 amide bonds. The molecule has 0 N–H and O–H groups in total. The van der Waals surface area contributed by atoms with Crippen LogP contribution in [0.5, 0.6) is 0 Å². The van der Waals surface area contributed by atoms with Gasteiger partial charge in [0.15, 0.2) is 5.82 Å². The number of rotatable bonds is 6. The number of hydrogen-bond donors (Lipinski definition) is 0. The maximum absolute atomic E-state index is 13.5. The quantitative estimate of drug-likeness (QED) is 0.346. The van der Waals surface area contributed by atoms with Crippen LogP contribution in [0.15, 0.2) is 72.8 Å². The maximum atomic E-state index is 13.5. The summed E-state index contributed by atoms with van der Waals surface area (Å²) < 4.78 is 13.5. The highest BCUT2D eigenvalue weighted by molar-refractivity contribution is 8.13. The van der Waals surface area contributed by atoms with Gasteiger partial charge in [-0.05, 0) is 61.9 Å². The maximum Gasteiger partial charge on any atom is 0.219 e. The van der Waals surface area contributed by atoms with Crippen LogP contribution in [0, 0.1) is 5.82 Å². The second-order valence-corrected chi connectivity index (χ2v) is 8.82. The normalized spacial score (nSPS) is 11.2. The predicted octanol–water partition coefficient (Wildman–Crippen LogP) is 6.35. The molecule has 0 fully saturated rings.